The maximum Gasteiger partial charge on any atom is 0.200 e. The van der Waals surface area contributed by atoms with Crippen LogP contribution in [0.3, 0.4) is 0 Å². The molecule has 1 fully saturated rings. The molecule has 1 aromatic carbocycles. The molecule has 0 bridgehead atoms. The van der Waals surface area contributed by atoms with Crippen LogP contribution >= 0.6 is 0 Å². The van der Waals surface area contributed by atoms with Crippen molar-refractivity contribution in [2.75, 3.05) is 5.73 Å². The maximum atomic E-state index is 14.2. The number of hydrogen-bond donors (Lipinski definition) is 1. The number of anilines is 1. The van der Waals surface area contributed by atoms with Crippen molar-refractivity contribution in [3.63, 3.8) is 0 Å². The van der Waals surface area contributed by atoms with Crippen LogP contribution in [0.2, 0.25) is 0 Å². The quantitative estimate of drug-likeness (QED) is 0.543. The number of nitrogen functional groups attached to an aromatic ring is 1. The zero-order valence-electron chi connectivity index (χ0n) is 15.6. The van der Waals surface area contributed by atoms with E-state index in [0.717, 1.165) is 18.5 Å². The highest BCUT2D eigenvalue weighted by Gasteiger charge is 2.26. The molecule has 0 saturated heterocycles. The fourth-order valence-electron chi connectivity index (χ4n) is 3.19. The Kier molecular flexibility index (Phi) is 4.27. The average molecular weight is 390 g/mol. The largest absolute Gasteiger partial charge is 0.384 e. The van der Waals surface area contributed by atoms with E-state index in [1.165, 1.54) is 6.07 Å². The lowest BCUT2D eigenvalue weighted by molar-refractivity contribution is 0.547. The van der Waals surface area contributed by atoms with Gasteiger partial charge in [0.1, 0.15) is 29.7 Å². The molecule has 5 rings (SSSR count). The third-order valence-electron chi connectivity index (χ3n) is 4.88. The summed E-state index contributed by atoms with van der Waals surface area (Å²) in [6, 6.07) is 11.9. The van der Waals surface area contributed by atoms with E-state index in [9.17, 15) is 4.39 Å². The topological polar surface area (TPSA) is 100 Å². The molecular formula is C20H19FN8. The number of rotatable bonds is 6. The minimum Gasteiger partial charge on any atom is -0.384 e. The third kappa shape index (κ3) is 3.71. The number of aromatic nitrogens is 7. The molecule has 9 heteroatoms. The lowest BCUT2D eigenvalue weighted by atomic mass is 10.2. The number of nitrogens with zero attached hydrogens (tertiary/aromatic N) is 7. The number of nitrogens with two attached hydrogens (primary N) is 1. The van der Waals surface area contributed by atoms with Crippen LogP contribution in [0, 0.1) is 5.82 Å². The van der Waals surface area contributed by atoms with E-state index in [-0.39, 0.29) is 12.4 Å². The van der Waals surface area contributed by atoms with Gasteiger partial charge in [-0.3, -0.25) is 0 Å². The first kappa shape index (κ1) is 17.5. The van der Waals surface area contributed by atoms with Crippen molar-refractivity contribution >= 4 is 5.82 Å². The average Bonchev–Trinajstić information content (AvgIpc) is 3.34. The number of pyridine rings is 1. The van der Waals surface area contributed by atoms with E-state index in [4.69, 9.17) is 5.73 Å². The molecule has 0 radical (unpaired) electrons. The van der Waals surface area contributed by atoms with Gasteiger partial charge < -0.3 is 5.73 Å². The second kappa shape index (κ2) is 7.08. The molecule has 0 amide bonds. The molecule has 1 aliphatic carbocycles. The van der Waals surface area contributed by atoms with Gasteiger partial charge in [-0.1, -0.05) is 29.5 Å². The van der Waals surface area contributed by atoms with Crippen LogP contribution < -0.4 is 5.73 Å². The highest BCUT2D eigenvalue weighted by atomic mass is 19.1. The number of hydrogen-bond acceptors (Lipinski definition) is 6. The summed E-state index contributed by atoms with van der Waals surface area (Å²) in [5.74, 6) is 1.70. The SMILES string of the molecule is Nc1cccc(-c2nc(Cn3cc(C4CC4)nn3)n(Cc3ccccc3F)n2)n1. The third-order valence-corrected chi connectivity index (χ3v) is 4.88. The van der Waals surface area contributed by atoms with Crippen molar-refractivity contribution in [2.45, 2.75) is 31.8 Å². The predicted octanol–water partition coefficient (Wildman–Crippen LogP) is 2.63. The Morgan fingerprint density at radius 3 is 2.69 bits per heavy atom. The second-order valence-electron chi connectivity index (χ2n) is 7.16. The molecule has 0 spiro atoms. The van der Waals surface area contributed by atoms with Gasteiger partial charge in [0.2, 0.25) is 0 Å². The Hall–Kier alpha value is -3.62. The lowest BCUT2D eigenvalue weighted by Gasteiger charge is -2.07. The van der Waals surface area contributed by atoms with Gasteiger partial charge in [0.25, 0.3) is 0 Å². The van der Waals surface area contributed by atoms with Crippen molar-refractivity contribution in [3.05, 3.63) is 71.6 Å². The molecule has 0 unspecified atom stereocenters. The molecule has 29 heavy (non-hydrogen) atoms. The van der Waals surface area contributed by atoms with E-state index >= 15 is 0 Å². The summed E-state index contributed by atoms with van der Waals surface area (Å²) >= 11 is 0. The summed E-state index contributed by atoms with van der Waals surface area (Å²) in [6.45, 7) is 0.630. The molecule has 4 aromatic rings. The molecule has 3 aromatic heterocycles. The summed E-state index contributed by atoms with van der Waals surface area (Å²) < 4.78 is 17.6. The Balaban J connectivity index is 1.50. The number of benzene rings is 1. The molecular weight excluding hydrogens is 371 g/mol. The highest BCUT2D eigenvalue weighted by Crippen LogP contribution is 2.38. The van der Waals surface area contributed by atoms with Gasteiger partial charge in [-0.25, -0.2) is 23.7 Å². The summed E-state index contributed by atoms with van der Waals surface area (Å²) in [5, 5.41) is 13.0. The fourth-order valence-corrected chi connectivity index (χ4v) is 3.19. The van der Waals surface area contributed by atoms with Crippen molar-refractivity contribution in [1.82, 2.24) is 34.7 Å². The first-order valence-corrected chi connectivity index (χ1v) is 9.46. The van der Waals surface area contributed by atoms with Crippen LogP contribution in [-0.2, 0) is 13.1 Å². The molecule has 1 saturated carbocycles. The van der Waals surface area contributed by atoms with Crippen LogP contribution in [0.1, 0.15) is 35.8 Å². The van der Waals surface area contributed by atoms with Crippen LogP contribution in [0.4, 0.5) is 10.2 Å². The van der Waals surface area contributed by atoms with Crippen LogP contribution in [-0.4, -0.2) is 34.7 Å². The van der Waals surface area contributed by atoms with Gasteiger partial charge in [0, 0.05) is 17.7 Å². The monoisotopic (exact) mass is 390 g/mol. The minimum atomic E-state index is -0.283. The normalized spacial score (nSPS) is 13.7. The van der Waals surface area contributed by atoms with E-state index in [2.05, 4.69) is 25.4 Å². The van der Waals surface area contributed by atoms with Gasteiger partial charge in [0.05, 0.1) is 12.2 Å². The minimum absolute atomic E-state index is 0.251. The van der Waals surface area contributed by atoms with Crippen molar-refractivity contribution < 1.29 is 4.39 Å². The molecule has 2 N–H and O–H groups in total. The lowest BCUT2D eigenvalue weighted by Crippen LogP contribution is -2.12. The van der Waals surface area contributed by atoms with Crippen molar-refractivity contribution in [2.24, 2.45) is 0 Å². The molecule has 3 heterocycles. The van der Waals surface area contributed by atoms with Crippen molar-refractivity contribution in [3.8, 4) is 11.5 Å². The van der Waals surface area contributed by atoms with Gasteiger partial charge in [-0.05, 0) is 31.0 Å². The zero-order valence-corrected chi connectivity index (χ0v) is 15.6. The predicted molar refractivity (Wildman–Crippen MR) is 104 cm³/mol. The van der Waals surface area contributed by atoms with Crippen LogP contribution in [0.15, 0.2) is 48.7 Å². The maximum absolute atomic E-state index is 14.2. The first-order chi connectivity index (χ1) is 14.2. The van der Waals surface area contributed by atoms with Crippen LogP contribution in [0.5, 0.6) is 0 Å². The Morgan fingerprint density at radius 1 is 1.03 bits per heavy atom. The first-order valence-electron chi connectivity index (χ1n) is 9.46. The highest BCUT2D eigenvalue weighted by molar-refractivity contribution is 5.51. The number of halogens is 1. The Labute approximate surface area is 166 Å². The van der Waals surface area contributed by atoms with E-state index in [1.54, 1.807) is 45.8 Å². The van der Waals surface area contributed by atoms with Gasteiger partial charge in [-0.2, -0.15) is 0 Å². The van der Waals surface area contributed by atoms with Gasteiger partial charge in [0.15, 0.2) is 5.82 Å². The fraction of sp³-hybridized carbons (Fsp3) is 0.250. The molecule has 8 nitrogen and oxygen atoms in total. The van der Waals surface area contributed by atoms with E-state index in [0.29, 0.717) is 41.2 Å². The van der Waals surface area contributed by atoms with Crippen molar-refractivity contribution in [1.29, 1.82) is 0 Å². The summed E-state index contributed by atoms with van der Waals surface area (Å²) in [6.07, 6.45) is 4.26. The van der Waals surface area contributed by atoms with Gasteiger partial charge in [-0.15, -0.1) is 10.2 Å². The zero-order chi connectivity index (χ0) is 19.8. The molecule has 1 aliphatic rings. The standard InChI is InChI=1S/C20H19FN8/c21-15-5-2-1-4-14(15)10-29-19(12-28-11-17(25-27-28)13-8-9-13)24-20(26-29)16-6-3-7-18(22)23-16/h1-7,11,13H,8-10,12H2,(H2,22,23). The second-order valence-corrected chi connectivity index (χ2v) is 7.16. The van der Waals surface area contributed by atoms with E-state index < -0.39 is 0 Å². The summed E-state index contributed by atoms with van der Waals surface area (Å²) in [5.41, 5.74) is 7.90. The Morgan fingerprint density at radius 2 is 1.90 bits per heavy atom. The molecule has 0 aliphatic heterocycles. The smallest absolute Gasteiger partial charge is 0.200 e. The van der Waals surface area contributed by atoms with Crippen LogP contribution in [0.25, 0.3) is 11.5 Å². The summed E-state index contributed by atoms with van der Waals surface area (Å²) in [4.78, 5) is 8.93. The summed E-state index contributed by atoms with van der Waals surface area (Å²) in [7, 11) is 0. The molecule has 0 atom stereocenters. The Bertz CT molecular complexity index is 1160. The molecule has 146 valence electrons. The van der Waals surface area contributed by atoms with E-state index in [1.807, 2.05) is 6.20 Å². The van der Waals surface area contributed by atoms with Gasteiger partial charge >= 0.3 is 0 Å².